The number of nitro groups is 1. The second kappa shape index (κ2) is 9.45. The van der Waals surface area contributed by atoms with Crippen molar-refractivity contribution in [1.29, 1.82) is 0 Å². The van der Waals surface area contributed by atoms with Crippen molar-refractivity contribution in [3.8, 4) is 17.2 Å². The summed E-state index contributed by atoms with van der Waals surface area (Å²) in [5, 5.41) is 13.0. The number of aromatic amines is 2. The number of non-ortho nitro benzene ring substituents is 1. The number of rotatable bonds is 7. The molecule has 13 heteroatoms. The van der Waals surface area contributed by atoms with Gasteiger partial charge in [-0.25, -0.2) is 4.79 Å². The van der Waals surface area contributed by atoms with Crippen molar-refractivity contribution in [2.75, 3.05) is 45.8 Å². The molecule has 0 fully saturated rings. The van der Waals surface area contributed by atoms with Crippen molar-refractivity contribution in [2.24, 2.45) is 0 Å². The molecule has 0 spiro atoms. The molecule has 0 radical (unpaired) electrons. The molecule has 1 aliphatic heterocycles. The molecule has 1 aliphatic rings. The Morgan fingerprint density at radius 3 is 2.34 bits per heavy atom. The number of hydrogen-bond acceptors (Lipinski definition) is 8. The average molecular weight is 543 g/mol. The van der Waals surface area contributed by atoms with E-state index in [1.165, 1.54) is 45.5 Å². The molecule has 12 nitrogen and oxygen atoms in total. The standard InChI is InChI=1S/C25H23ClN4O8/c1-35-18-6-11-5-14(27-20(11)23(37-3)22(18)36-2)24(31)29-10-12(9-26)19-13-7-15(25(32)38-4)28-21(13)17(30(33)34)8-16(19)29/h5-8,12,27-28H,9-10H2,1-4H3/t12-/m1/s1. The molecule has 0 saturated heterocycles. The van der Waals surface area contributed by atoms with E-state index in [-0.39, 0.29) is 40.9 Å². The molecule has 0 unspecified atom stereocenters. The first kappa shape index (κ1) is 25.2. The van der Waals surface area contributed by atoms with E-state index in [9.17, 15) is 19.7 Å². The minimum absolute atomic E-state index is 0.0581. The SMILES string of the molecule is COC(=O)c1cc2c3c(cc([N+](=O)[O-])c2[nH]1)N(C(=O)c1cc2cc(OC)c(OC)c(OC)c2[nH]1)C[C@H]3CCl. The topological polar surface area (TPSA) is 149 Å². The zero-order valence-corrected chi connectivity index (χ0v) is 21.6. The summed E-state index contributed by atoms with van der Waals surface area (Å²) in [5.41, 5.74) is 1.66. The van der Waals surface area contributed by atoms with Crippen LogP contribution in [0.5, 0.6) is 17.2 Å². The normalized spacial score (nSPS) is 14.6. The second-order valence-corrected chi connectivity index (χ2v) is 8.92. The molecule has 198 valence electrons. The summed E-state index contributed by atoms with van der Waals surface area (Å²) in [6.07, 6.45) is 0. The Hall–Kier alpha value is -4.45. The van der Waals surface area contributed by atoms with Crippen LogP contribution in [0.3, 0.4) is 0 Å². The summed E-state index contributed by atoms with van der Waals surface area (Å²) in [7, 11) is 5.67. The molecule has 3 heterocycles. The maximum atomic E-state index is 13.8. The van der Waals surface area contributed by atoms with Crippen molar-refractivity contribution in [1.82, 2.24) is 9.97 Å². The van der Waals surface area contributed by atoms with Gasteiger partial charge in [-0.2, -0.15) is 0 Å². The summed E-state index contributed by atoms with van der Waals surface area (Å²) in [5.74, 6) is -0.125. The first-order chi connectivity index (χ1) is 18.3. The van der Waals surface area contributed by atoms with E-state index in [0.29, 0.717) is 44.8 Å². The average Bonchev–Trinajstić information content (AvgIpc) is 3.64. The van der Waals surface area contributed by atoms with Gasteiger partial charge in [0.1, 0.15) is 16.9 Å². The Bertz CT molecular complexity index is 1630. The first-order valence-electron chi connectivity index (χ1n) is 11.4. The summed E-state index contributed by atoms with van der Waals surface area (Å²) in [4.78, 5) is 44.7. The Morgan fingerprint density at radius 1 is 1.03 bits per heavy atom. The quantitative estimate of drug-likeness (QED) is 0.151. The lowest BCUT2D eigenvalue weighted by atomic mass is 9.98. The van der Waals surface area contributed by atoms with E-state index in [0.717, 1.165) is 0 Å². The molecule has 2 aromatic carbocycles. The highest BCUT2D eigenvalue weighted by molar-refractivity contribution is 6.19. The Kier molecular flexibility index (Phi) is 6.27. The Balaban J connectivity index is 1.67. The van der Waals surface area contributed by atoms with Crippen LogP contribution in [-0.4, -0.2) is 67.6 Å². The molecule has 5 rings (SSSR count). The van der Waals surface area contributed by atoms with Gasteiger partial charge in [0, 0.05) is 35.2 Å². The highest BCUT2D eigenvalue weighted by Crippen LogP contribution is 2.47. The number of nitrogens with one attached hydrogen (secondary N) is 2. The number of carbonyl (C=O) groups excluding carboxylic acids is 2. The third kappa shape index (κ3) is 3.67. The van der Waals surface area contributed by atoms with Crippen LogP contribution < -0.4 is 19.1 Å². The third-order valence-corrected chi connectivity index (χ3v) is 7.07. The van der Waals surface area contributed by atoms with Crippen LogP contribution in [0, 0.1) is 10.1 Å². The number of hydrogen-bond donors (Lipinski definition) is 2. The number of anilines is 1. The minimum Gasteiger partial charge on any atom is -0.493 e. The second-order valence-electron chi connectivity index (χ2n) is 8.61. The van der Waals surface area contributed by atoms with Gasteiger partial charge in [0.05, 0.1) is 44.6 Å². The Morgan fingerprint density at radius 2 is 1.74 bits per heavy atom. The van der Waals surface area contributed by atoms with Gasteiger partial charge in [-0.3, -0.25) is 14.9 Å². The van der Waals surface area contributed by atoms with Crippen molar-refractivity contribution < 1.29 is 33.5 Å². The number of ether oxygens (including phenoxy) is 4. The summed E-state index contributed by atoms with van der Waals surface area (Å²) in [6, 6.07) is 6.18. The number of aromatic nitrogens is 2. The first-order valence-corrected chi connectivity index (χ1v) is 11.9. The number of methoxy groups -OCH3 is 4. The van der Waals surface area contributed by atoms with Gasteiger partial charge in [0.2, 0.25) is 5.75 Å². The van der Waals surface area contributed by atoms with Gasteiger partial charge in [-0.1, -0.05) is 0 Å². The van der Waals surface area contributed by atoms with E-state index in [1.807, 2.05) is 0 Å². The molecule has 1 amide bonds. The number of nitro benzene ring substituents is 1. The van der Waals surface area contributed by atoms with Crippen LogP contribution >= 0.6 is 11.6 Å². The van der Waals surface area contributed by atoms with E-state index < -0.39 is 16.8 Å². The molecule has 2 N–H and O–H groups in total. The lowest BCUT2D eigenvalue weighted by Crippen LogP contribution is -2.30. The molecule has 0 bridgehead atoms. The van der Waals surface area contributed by atoms with Crippen molar-refractivity contribution in [3.05, 3.63) is 51.3 Å². The fraction of sp³-hybridized carbons (Fsp3) is 0.280. The maximum Gasteiger partial charge on any atom is 0.354 e. The van der Waals surface area contributed by atoms with E-state index >= 15 is 0 Å². The van der Waals surface area contributed by atoms with Crippen molar-refractivity contribution >= 4 is 56.7 Å². The number of H-pyrrole nitrogens is 2. The molecular formula is C25H23ClN4O8. The summed E-state index contributed by atoms with van der Waals surface area (Å²) in [6.45, 7) is 0.186. The van der Waals surface area contributed by atoms with Crippen LogP contribution in [0.2, 0.25) is 0 Å². The molecule has 0 aliphatic carbocycles. The summed E-state index contributed by atoms with van der Waals surface area (Å²) >= 11 is 6.30. The largest absolute Gasteiger partial charge is 0.493 e. The lowest BCUT2D eigenvalue weighted by Gasteiger charge is -2.17. The predicted octanol–water partition coefficient (Wildman–Crippen LogP) is 4.35. The smallest absolute Gasteiger partial charge is 0.354 e. The molecule has 0 saturated carbocycles. The van der Waals surface area contributed by atoms with E-state index in [2.05, 4.69) is 9.97 Å². The summed E-state index contributed by atoms with van der Waals surface area (Å²) < 4.78 is 21.1. The molecule has 1 atom stereocenters. The monoisotopic (exact) mass is 542 g/mol. The number of alkyl halides is 1. The highest BCUT2D eigenvalue weighted by atomic mass is 35.5. The maximum absolute atomic E-state index is 13.8. The minimum atomic E-state index is -0.671. The van der Waals surface area contributed by atoms with Gasteiger partial charge >= 0.3 is 5.97 Å². The van der Waals surface area contributed by atoms with Crippen LogP contribution in [0.4, 0.5) is 11.4 Å². The van der Waals surface area contributed by atoms with Crippen molar-refractivity contribution in [3.63, 3.8) is 0 Å². The zero-order valence-electron chi connectivity index (χ0n) is 20.8. The number of carbonyl (C=O) groups is 2. The van der Waals surface area contributed by atoms with E-state index in [1.54, 1.807) is 12.1 Å². The number of benzene rings is 2. The van der Waals surface area contributed by atoms with Gasteiger partial charge in [-0.15, -0.1) is 11.6 Å². The highest BCUT2D eigenvalue weighted by Gasteiger charge is 2.38. The van der Waals surface area contributed by atoms with Crippen LogP contribution in [-0.2, 0) is 4.74 Å². The number of nitrogens with zero attached hydrogens (tertiary/aromatic N) is 2. The molecular weight excluding hydrogens is 520 g/mol. The Labute approximate surface area is 220 Å². The third-order valence-electron chi connectivity index (χ3n) is 6.70. The van der Waals surface area contributed by atoms with Crippen LogP contribution in [0.25, 0.3) is 21.8 Å². The molecule has 38 heavy (non-hydrogen) atoms. The fourth-order valence-corrected chi connectivity index (χ4v) is 5.29. The predicted molar refractivity (Wildman–Crippen MR) is 139 cm³/mol. The number of amides is 1. The van der Waals surface area contributed by atoms with Gasteiger partial charge in [-0.05, 0) is 23.8 Å². The molecule has 4 aromatic rings. The molecule has 2 aromatic heterocycles. The number of fused-ring (bicyclic) bond motifs is 4. The zero-order chi connectivity index (χ0) is 27.3. The van der Waals surface area contributed by atoms with Gasteiger partial charge < -0.3 is 33.8 Å². The van der Waals surface area contributed by atoms with E-state index in [4.69, 9.17) is 30.5 Å². The number of halogens is 1. The van der Waals surface area contributed by atoms with Crippen LogP contribution in [0.1, 0.15) is 32.5 Å². The van der Waals surface area contributed by atoms with Gasteiger partial charge in [0.15, 0.2) is 11.5 Å². The fourth-order valence-electron chi connectivity index (χ4n) is 5.04. The lowest BCUT2D eigenvalue weighted by molar-refractivity contribution is -0.383. The number of esters is 1. The van der Waals surface area contributed by atoms with Crippen LogP contribution in [0.15, 0.2) is 24.3 Å². The van der Waals surface area contributed by atoms with Gasteiger partial charge in [0.25, 0.3) is 11.6 Å². The van der Waals surface area contributed by atoms with Crippen molar-refractivity contribution in [2.45, 2.75) is 5.92 Å².